The number of terminal acetylenes is 2. The van der Waals surface area contributed by atoms with Gasteiger partial charge in [-0.2, -0.15) is 0 Å². The molecule has 0 amide bonds. The zero-order valence-corrected chi connectivity index (χ0v) is 6.46. The molecule has 0 saturated carbocycles. The summed E-state index contributed by atoms with van der Waals surface area (Å²) in [6, 6.07) is 3.33. The normalized spacial score (nSPS) is 8.50. The van der Waals surface area contributed by atoms with E-state index in [2.05, 4.69) is 11.8 Å². The first kappa shape index (κ1) is 8.04. The number of hydrogen-bond acceptors (Lipinski definition) is 2. The van der Waals surface area contributed by atoms with Crippen LogP contribution in [0.5, 0.6) is 0 Å². The Morgan fingerprint density at radius 1 is 1.08 bits per heavy atom. The van der Waals surface area contributed by atoms with Crippen LogP contribution in [0.25, 0.3) is 0 Å². The van der Waals surface area contributed by atoms with E-state index in [1.54, 1.807) is 12.1 Å². The number of benzene rings is 1. The summed E-state index contributed by atoms with van der Waals surface area (Å²) < 4.78 is 0. The minimum atomic E-state index is 0.403. The molecule has 1 aromatic carbocycles. The van der Waals surface area contributed by atoms with Crippen LogP contribution >= 0.6 is 0 Å². The molecule has 0 bridgehead atoms. The first-order valence-corrected chi connectivity index (χ1v) is 3.32. The van der Waals surface area contributed by atoms with E-state index in [1.807, 2.05) is 0 Å². The molecule has 0 atom stereocenters. The van der Waals surface area contributed by atoms with E-state index in [0.717, 1.165) is 0 Å². The fourth-order valence-electron chi connectivity index (χ4n) is 0.923. The Balaban J connectivity index is 3.50. The molecule has 0 aliphatic rings. The predicted octanol–water partition coefficient (Wildman–Crippen LogP) is 0.814. The molecule has 0 heterocycles. The van der Waals surface area contributed by atoms with Crippen LogP contribution in [0, 0.1) is 24.7 Å². The Morgan fingerprint density at radius 3 is 2.25 bits per heavy atom. The van der Waals surface area contributed by atoms with Crippen molar-refractivity contribution in [2.45, 2.75) is 0 Å². The quantitative estimate of drug-likeness (QED) is 0.431. The lowest BCUT2D eigenvalue weighted by Gasteiger charge is -2.04. The summed E-state index contributed by atoms with van der Waals surface area (Å²) in [5.74, 6) is 4.81. The van der Waals surface area contributed by atoms with Crippen molar-refractivity contribution in [3.63, 3.8) is 0 Å². The monoisotopic (exact) mass is 156 g/mol. The summed E-state index contributed by atoms with van der Waals surface area (Å²) in [7, 11) is 0. The van der Waals surface area contributed by atoms with Gasteiger partial charge in [-0.1, -0.05) is 11.8 Å². The molecule has 0 aromatic heterocycles. The average Bonchev–Trinajstić information content (AvgIpc) is 2.06. The largest absolute Gasteiger partial charge is 0.398 e. The van der Waals surface area contributed by atoms with E-state index in [0.29, 0.717) is 22.5 Å². The lowest BCUT2D eigenvalue weighted by molar-refractivity contribution is 1.58. The summed E-state index contributed by atoms with van der Waals surface area (Å²) in [6.07, 6.45) is 10.4. The highest BCUT2D eigenvalue weighted by molar-refractivity contribution is 5.74. The van der Waals surface area contributed by atoms with Gasteiger partial charge in [-0.05, 0) is 12.1 Å². The molecule has 0 fully saturated rings. The van der Waals surface area contributed by atoms with Gasteiger partial charge in [0.25, 0.3) is 0 Å². The Kier molecular flexibility index (Phi) is 1.94. The van der Waals surface area contributed by atoms with Crippen molar-refractivity contribution in [1.82, 2.24) is 0 Å². The molecule has 0 radical (unpaired) electrons. The fraction of sp³-hybridized carbons (Fsp3) is 0. The van der Waals surface area contributed by atoms with Crippen molar-refractivity contribution in [2.75, 3.05) is 11.5 Å². The summed E-state index contributed by atoms with van der Waals surface area (Å²) in [6.45, 7) is 0. The van der Waals surface area contributed by atoms with Crippen LogP contribution in [0.2, 0.25) is 0 Å². The third-order valence-corrected chi connectivity index (χ3v) is 1.58. The molecule has 0 spiro atoms. The van der Waals surface area contributed by atoms with E-state index in [9.17, 15) is 0 Å². The molecule has 1 aromatic rings. The van der Waals surface area contributed by atoms with Gasteiger partial charge in [0.15, 0.2) is 0 Å². The van der Waals surface area contributed by atoms with Gasteiger partial charge >= 0.3 is 0 Å². The fourth-order valence-corrected chi connectivity index (χ4v) is 0.923. The van der Waals surface area contributed by atoms with Gasteiger partial charge in [-0.15, -0.1) is 12.8 Å². The smallest absolute Gasteiger partial charge is 0.0714 e. The number of anilines is 2. The maximum Gasteiger partial charge on any atom is 0.0714 e. The van der Waals surface area contributed by atoms with E-state index in [4.69, 9.17) is 24.3 Å². The average molecular weight is 156 g/mol. The summed E-state index contributed by atoms with van der Waals surface area (Å²) >= 11 is 0. The van der Waals surface area contributed by atoms with Crippen LogP contribution in [-0.4, -0.2) is 0 Å². The lowest BCUT2D eigenvalue weighted by atomic mass is 10.1. The van der Waals surface area contributed by atoms with Gasteiger partial charge in [0.05, 0.1) is 11.3 Å². The molecule has 0 aliphatic carbocycles. The second-order valence-electron chi connectivity index (χ2n) is 2.28. The van der Waals surface area contributed by atoms with Crippen molar-refractivity contribution >= 4 is 11.4 Å². The molecular formula is C10H8N2. The molecule has 0 unspecified atom stereocenters. The van der Waals surface area contributed by atoms with Gasteiger partial charge in [0.2, 0.25) is 0 Å². The van der Waals surface area contributed by atoms with Gasteiger partial charge in [0, 0.05) is 11.3 Å². The number of rotatable bonds is 0. The van der Waals surface area contributed by atoms with Crippen LogP contribution in [0.3, 0.4) is 0 Å². The van der Waals surface area contributed by atoms with Crippen molar-refractivity contribution in [1.29, 1.82) is 0 Å². The highest BCUT2D eigenvalue weighted by Gasteiger charge is 2.03. The van der Waals surface area contributed by atoms with Crippen LogP contribution in [0.1, 0.15) is 11.1 Å². The van der Waals surface area contributed by atoms with Crippen molar-refractivity contribution < 1.29 is 0 Å². The summed E-state index contributed by atoms with van der Waals surface area (Å²) in [5, 5.41) is 0. The predicted molar refractivity (Wildman–Crippen MR) is 51.1 cm³/mol. The zero-order valence-electron chi connectivity index (χ0n) is 6.46. The molecule has 1 rings (SSSR count). The maximum atomic E-state index is 5.64. The third-order valence-electron chi connectivity index (χ3n) is 1.58. The van der Waals surface area contributed by atoms with Gasteiger partial charge in [0.1, 0.15) is 0 Å². The van der Waals surface area contributed by atoms with Crippen LogP contribution in [0.4, 0.5) is 11.4 Å². The van der Waals surface area contributed by atoms with Crippen LogP contribution < -0.4 is 11.5 Å². The highest BCUT2D eigenvalue weighted by Crippen LogP contribution is 2.21. The van der Waals surface area contributed by atoms with E-state index in [-0.39, 0.29) is 0 Å². The van der Waals surface area contributed by atoms with E-state index < -0.39 is 0 Å². The van der Waals surface area contributed by atoms with E-state index >= 15 is 0 Å². The van der Waals surface area contributed by atoms with Gasteiger partial charge < -0.3 is 11.5 Å². The highest BCUT2D eigenvalue weighted by atomic mass is 14.6. The van der Waals surface area contributed by atoms with Gasteiger partial charge in [-0.25, -0.2) is 0 Å². The molecule has 58 valence electrons. The first-order valence-electron chi connectivity index (χ1n) is 3.32. The molecule has 2 nitrogen and oxygen atoms in total. The topological polar surface area (TPSA) is 52.0 Å². The number of hydrogen-bond donors (Lipinski definition) is 2. The molecular weight excluding hydrogens is 148 g/mol. The van der Waals surface area contributed by atoms with E-state index in [1.165, 1.54) is 0 Å². The SMILES string of the molecule is C#Cc1ccc(N)c(C#C)c1N. The lowest BCUT2D eigenvalue weighted by Crippen LogP contribution is -1.99. The minimum Gasteiger partial charge on any atom is -0.398 e. The molecule has 12 heavy (non-hydrogen) atoms. The second-order valence-corrected chi connectivity index (χ2v) is 2.28. The molecule has 2 heteroatoms. The molecule has 0 aliphatic heterocycles. The number of nitrogens with two attached hydrogens (primary N) is 2. The van der Waals surface area contributed by atoms with Gasteiger partial charge in [-0.3, -0.25) is 0 Å². The maximum absolute atomic E-state index is 5.64. The standard InChI is InChI=1S/C10H8N2/c1-3-7-5-6-9(11)8(4-2)10(7)12/h1-2,5-6H,11-12H2. The van der Waals surface area contributed by atoms with Crippen molar-refractivity contribution in [3.8, 4) is 24.7 Å². The van der Waals surface area contributed by atoms with Crippen LogP contribution in [0.15, 0.2) is 12.1 Å². The summed E-state index contributed by atoms with van der Waals surface area (Å²) in [5.41, 5.74) is 13.1. The third kappa shape index (κ3) is 1.07. The Hall–Kier alpha value is -2.06. The minimum absolute atomic E-state index is 0.403. The van der Waals surface area contributed by atoms with Crippen molar-refractivity contribution in [3.05, 3.63) is 23.3 Å². The Bertz CT molecular complexity index is 392. The Labute approximate surface area is 71.6 Å². The first-order chi connectivity index (χ1) is 5.70. The number of nitrogen functional groups attached to an aromatic ring is 2. The molecule has 0 saturated heterocycles. The van der Waals surface area contributed by atoms with Crippen LogP contribution in [-0.2, 0) is 0 Å². The van der Waals surface area contributed by atoms with Crippen molar-refractivity contribution in [2.24, 2.45) is 0 Å². The molecule has 4 N–H and O–H groups in total. The zero-order chi connectivity index (χ0) is 9.14. The summed E-state index contributed by atoms with van der Waals surface area (Å²) in [4.78, 5) is 0. The Morgan fingerprint density at radius 2 is 1.75 bits per heavy atom. The second kappa shape index (κ2) is 2.90.